The molecule has 1 aliphatic heterocycles. The molecule has 0 bridgehead atoms. The van der Waals surface area contributed by atoms with Gasteiger partial charge in [0.05, 0.1) is 42.0 Å². The fraction of sp³-hybridized carbons (Fsp3) is 0.391. The molecule has 0 saturated carbocycles. The lowest BCUT2D eigenvalue weighted by Crippen LogP contribution is -2.50. The van der Waals surface area contributed by atoms with Crippen molar-refractivity contribution in [1.29, 1.82) is 0 Å². The van der Waals surface area contributed by atoms with Crippen molar-refractivity contribution in [3.8, 4) is 0 Å². The lowest BCUT2D eigenvalue weighted by Gasteiger charge is -2.36. The van der Waals surface area contributed by atoms with E-state index in [1.807, 2.05) is 11.8 Å². The molecule has 6 rings (SSSR count). The Balaban J connectivity index is 1.31. The standard InChI is InChI=1S/C23H23FN6O2S/c1-12-10-32-5-4-30(12)23(31)13-2-3-15-19(7-13)33-22-20(15)21(25-11-26-22)28-18-6-14-9-27-29-17(14)8-16(18)24/h6,8-9,11-13H,2-5,7,10H2,1H3,(H,27,29)(H,25,26,28)/t12-,13+/m1/s1. The van der Waals surface area contributed by atoms with E-state index in [-0.39, 0.29) is 23.7 Å². The third-order valence-electron chi connectivity index (χ3n) is 6.63. The van der Waals surface area contributed by atoms with Crippen molar-refractivity contribution in [2.75, 3.05) is 25.1 Å². The van der Waals surface area contributed by atoms with Gasteiger partial charge in [0, 0.05) is 28.8 Å². The highest BCUT2D eigenvalue weighted by molar-refractivity contribution is 7.19. The number of hydrogen-bond acceptors (Lipinski definition) is 7. The van der Waals surface area contributed by atoms with Crippen LogP contribution in [0.3, 0.4) is 0 Å². The number of ether oxygens (including phenoxy) is 1. The minimum Gasteiger partial charge on any atom is -0.377 e. The summed E-state index contributed by atoms with van der Waals surface area (Å²) >= 11 is 1.61. The zero-order chi connectivity index (χ0) is 22.5. The van der Waals surface area contributed by atoms with Gasteiger partial charge < -0.3 is 15.0 Å². The number of rotatable bonds is 3. The lowest BCUT2D eigenvalue weighted by atomic mass is 9.86. The van der Waals surface area contributed by atoms with Crippen molar-refractivity contribution in [2.24, 2.45) is 5.92 Å². The number of morpholine rings is 1. The van der Waals surface area contributed by atoms with Crippen molar-refractivity contribution in [3.05, 3.63) is 40.9 Å². The summed E-state index contributed by atoms with van der Waals surface area (Å²) in [6, 6.07) is 3.26. The summed E-state index contributed by atoms with van der Waals surface area (Å²) in [4.78, 5) is 26.1. The molecule has 8 nitrogen and oxygen atoms in total. The Kier molecular flexibility index (Phi) is 4.99. The number of thiophene rings is 1. The summed E-state index contributed by atoms with van der Waals surface area (Å²) in [6.45, 7) is 3.89. The highest BCUT2D eigenvalue weighted by Crippen LogP contribution is 2.41. The molecule has 170 valence electrons. The Hall–Kier alpha value is -3.11. The number of fused-ring (bicyclic) bond motifs is 4. The van der Waals surface area contributed by atoms with Gasteiger partial charge in [-0.05, 0) is 37.8 Å². The number of carbonyl (C=O) groups excluding carboxylic acids is 1. The van der Waals surface area contributed by atoms with Crippen LogP contribution < -0.4 is 5.32 Å². The molecule has 2 atom stereocenters. The van der Waals surface area contributed by atoms with E-state index in [4.69, 9.17) is 4.74 Å². The predicted molar refractivity (Wildman–Crippen MR) is 124 cm³/mol. The fourth-order valence-corrected chi connectivity index (χ4v) is 6.16. The van der Waals surface area contributed by atoms with E-state index in [2.05, 4.69) is 25.5 Å². The average molecular weight is 467 g/mol. The van der Waals surface area contributed by atoms with Crippen LogP contribution in [-0.2, 0) is 22.4 Å². The van der Waals surface area contributed by atoms with Gasteiger partial charge >= 0.3 is 0 Å². The summed E-state index contributed by atoms with van der Waals surface area (Å²) in [6.07, 6.45) is 5.42. The number of aromatic nitrogens is 4. The van der Waals surface area contributed by atoms with Gasteiger partial charge in [-0.25, -0.2) is 14.4 Å². The molecule has 2 N–H and O–H groups in total. The van der Waals surface area contributed by atoms with Crippen molar-refractivity contribution in [2.45, 2.75) is 32.2 Å². The molecule has 0 unspecified atom stereocenters. The smallest absolute Gasteiger partial charge is 0.226 e. The number of hydrogen-bond donors (Lipinski definition) is 2. The first kappa shape index (κ1) is 20.5. The first-order valence-corrected chi connectivity index (χ1v) is 11.9. The zero-order valence-electron chi connectivity index (χ0n) is 18.1. The number of H-pyrrole nitrogens is 1. The predicted octanol–water partition coefficient (Wildman–Crippen LogP) is 3.80. The van der Waals surface area contributed by atoms with E-state index in [1.165, 1.54) is 22.8 Å². The van der Waals surface area contributed by atoms with Crippen LogP contribution in [0.25, 0.3) is 21.1 Å². The van der Waals surface area contributed by atoms with Crippen LogP contribution in [0, 0.1) is 11.7 Å². The van der Waals surface area contributed by atoms with E-state index in [1.54, 1.807) is 23.6 Å². The SMILES string of the molecule is C[C@@H]1COCCN1C(=O)[C@H]1CCc2c(sc3ncnc(Nc4cc5cn[nH]c5cc4F)c23)C1. The first-order valence-electron chi connectivity index (χ1n) is 11.1. The van der Waals surface area contributed by atoms with Gasteiger partial charge in [-0.3, -0.25) is 9.89 Å². The summed E-state index contributed by atoms with van der Waals surface area (Å²) < 4.78 is 20.2. The molecule has 1 aliphatic carbocycles. The molecule has 3 aromatic heterocycles. The number of halogens is 1. The summed E-state index contributed by atoms with van der Waals surface area (Å²) in [5.74, 6) is 0.393. The Bertz CT molecular complexity index is 1370. The zero-order valence-corrected chi connectivity index (χ0v) is 18.9. The third kappa shape index (κ3) is 3.53. The lowest BCUT2D eigenvalue weighted by molar-refractivity contribution is -0.143. The topological polar surface area (TPSA) is 96.0 Å². The minimum absolute atomic E-state index is 0.0311. The Morgan fingerprint density at radius 2 is 2.27 bits per heavy atom. The third-order valence-corrected chi connectivity index (χ3v) is 7.79. The summed E-state index contributed by atoms with van der Waals surface area (Å²) in [5, 5.41) is 11.7. The number of nitrogens with one attached hydrogen (secondary N) is 2. The van der Waals surface area contributed by atoms with Gasteiger partial charge in [0.25, 0.3) is 0 Å². The van der Waals surface area contributed by atoms with Crippen LogP contribution in [0.4, 0.5) is 15.9 Å². The normalized spacial score (nSPS) is 20.8. The molecule has 1 fully saturated rings. The maximum atomic E-state index is 14.7. The van der Waals surface area contributed by atoms with Gasteiger partial charge in [-0.1, -0.05) is 0 Å². The van der Waals surface area contributed by atoms with Gasteiger partial charge in [0.15, 0.2) is 0 Å². The number of carbonyl (C=O) groups is 1. The van der Waals surface area contributed by atoms with Gasteiger partial charge in [0.1, 0.15) is 22.8 Å². The molecular formula is C23H23FN6O2S. The molecule has 33 heavy (non-hydrogen) atoms. The van der Waals surface area contributed by atoms with Crippen LogP contribution in [0.5, 0.6) is 0 Å². The molecule has 1 aromatic carbocycles. The van der Waals surface area contributed by atoms with E-state index in [0.717, 1.165) is 28.4 Å². The molecule has 1 amide bonds. The average Bonchev–Trinajstić information content (AvgIpc) is 3.42. The van der Waals surface area contributed by atoms with E-state index in [9.17, 15) is 9.18 Å². The first-order chi connectivity index (χ1) is 16.1. The number of amides is 1. The molecule has 4 heterocycles. The van der Waals surface area contributed by atoms with E-state index < -0.39 is 0 Å². The summed E-state index contributed by atoms with van der Waals surface area (Å²) in [7, 11) is 0. The van der Waals surface area contributed by atoms with Crippen molar-refractivity contribution in [1.82, 2.24) is 25.1 Å². The second-order valence-electron chi connectivity index (χ2n) is 8.72. The number of aryl methyl sites for hydroxylation is 1. The molecule has 10 heteroatoms. The van der Waals surface area contributed by atoms with Gasteiger partial charge in [-0.2, -0.15) is 5.10 Å². The highest BCUT2D eigenvalue weighted by Gasteiger charge is 2.34. The molecule has 2 aliphatic rings. The Morgan fingerprint density at radius 1 is 1.36 bits per heavy atom. The quantitative estimate of drug-likeness (QED) is 0.477. The second-order valence-corrected chi connectivity index (χ2v) is 9.80. The van der Waals surface area contributed by atoms with E-state index >= 15 is 0 Å². The monoisotopic (exact) mass is 466 g/mol. The largest absolute Gasteiger partial charge is 0.377 e. The van der Waals surface area contributed by atoms with Gasteiger partial charge in [0.2, 0.25) is 5.91 Å². The maximum absolute atomic E-state index is 14.7. The van der Waals surface area contributed by atoms with Crippen LogP contribution >= 0.6 is 11.3 Å². The molecule has 4 aromatic rings. The van der Waals surface area contributed by atoms with E-state index in [0.29, 0.717) is 43.2 Å². The fourth-order valence-electron chi connectivity index (χ4n) is 4.89. The van der Waals surface area contributed by atoms with Crippen LogP contribution in [0.1, 0.15) is 23.8 Å². The Morgan fingerprint density at radius 3 is 3.15 bits per heavy atom. The molecule has 1 saturated heterocycles. The maximum Gasteiger partial charge on any atom is 0.226 e. The van der Waals surface area contributed by atoms with Crippen molar-refractivity contribution < 1.29 is 13.9 Å². The highest BCUT2D eigenvalue weighted by atomic mass is 32.1. The Labute approximate surface area is 193 Å². The number of nitrogens with zero attached hydrogens (tertiary/aromatic N) is 4. The second kappa shape index (κ2) is 8.03. The molecular weight excluding hydrogens is 443 g/mol. The summed E-state index contributed by atoms with van der Waals surface area (Å²) in [5.41, 5.74) is 2.15. The molecule has 0 spiro atoms. The number of aromatic amines is 1. The van der Waals surface area contributed by atoms with Crippen LogP contribution in [0.2, 0.25) is 0 Å². The van der Waals surface area contributed by atoms with Crippen LogP contribution in [0.15, 0.2) is 24.7 Å². The van der Waals surface area contributed by atoms with Crippen molar-refractivity contribution >= 4 is 49.9 Å². The molecule has 0 radical (unpaired) electrons. The van der Waals surface area contributed by atoms with Gasteiger partial charge in [-0.15, -0.1) is 11.3 Å². The van der Waals surface area contributed by atoms with Crippen molar-refractivity contribution in [3.63, 3.8) is 0 Å². The number of benzene rings is 1. The minimum atomic E-state index is -0.382. The van der Waals surface area contributed by atoms with Crippen LogP contribution in [-0.4, -0.2) is 56.8 Å². The number of anilines is 2.